The molecule has 1 aliphatic heterocycles. The first-order chi connectivity index (χ1) is 13.8. The van der Waals surface area contributed by atoms with Crippen LogP contribution in [0.1, 0.15) is 19.4 Å². The standard InChI is InChI=1S/C21H21ClN2O5/c1-12-8-9-15(22)10-16(12)23-20(26)13(2)28-21(27)19-11-24(14(3)25)17-6-4-5-7-18(17)29-19/h4-10,13,19H,11H2,1-3H3,(H,23,26)/t13-,19-/m1/s1. The summed E-state index contributed by atoms with van der Waals surface area (Å²) in [6.07, 6.45) is -2.09. The van der Waals surface area contributed by atoms with Gasteiger partial charge in [0.15, 0.2) is 6.10 Å². The highest BCUT2D eigenvalue weighted by Crippen LogP contribution is 2.33. The van der Waals surface area contributed by atoms with Gasteiger partial charge in [-0.1, -0.05) is 29.8 Å². The third-order valence-corrected chi connectivity index (χ3v) is 4.77. The summed E-state index contributed by atoms with van der Waals surface area (Å²) in [7, 11) is 0. The van der Waals surface area contributed by atoms with Crippen LogP contribution in [0.15, 0.2) is 42.5 Å². The average molecular weight is 417 g/mol. The Balaban J connectivity index is 1.67. The summed E-state index contributed by atoms with van der Waals surface area (Å²) in [6.45, 7) is 4.71. The first-order valence-corrected chi connectivity index (χ1v) is 9.45. The Morgan fingerprint density at radius 3 is 2.69 bits per heavy atom. The number of esters is 1. The van der Waals surface area contributed by atoms with Crippen molar-refractivity contribution >= 4 is 40.8 Å². The van der Waals surface area contributed by atoms with Crippen LogP contribution in [0.3, 0.4) is 0 Å². The topological polar surface area (TPSA) is 84.9 Å². The molecule has 2 atom stereocenters. The number of nitrogens with zero attached hydrogens (tertiary/aromatic N) is 1. The number of ether oxygens (including phenoxy) is 2. The molecule has 1 N–H and O–H groups in total. The van der Waals surface area contributed by atoms with E-state index < -0.39 is 24.1 Å². The molecule has 1 aliphatic rings. The molecule has 2 amide bonds. The number of amides is 2. The van der Waals surface area contributed by atoms with Crippen molar-refractivity contribution in [2.75, 3.05) is 16.8 Å². The lowest BCUT2D eigenvalue weighted by Crippen LogP contribution is -2.48. The molecule has 2 aromatic carbocycles. The van der Waals surface area contributed by atoms with Crippen molar-refractivity contribution in [3.63, 3.8) is 0 Å². The van der Waals surface area contributed by atoms with Gasteiger partial charge < -0.3 is 19.7 Å². The zero-order valence-corrected chi connectivity index (χ0v) is 17.0. The number of carbonyl (C=O) groups is 3. The predicted octanol–water partition coefficient (Wildman–Crippen LogP) is 3.33. The third kappa shape index (κ3) is 4.68. The number of fused-ring (bicyclic) bond motifs is 1. The van der Waals surface area contributed by atoms with Crippen LogP contribution in [-0.2, 0) is 19.1 Å². The van der Waals surface area contributed by atoms with E-state index in [1.54, 1.807) is 42.5 Å². The molecule has 0 fully saturated rings. The lowest BCUT2D eigenvalue weighted by atomic mass is 10.2. The Hall–Kier alpha value is -3.06. The van der Waals surface area contributed by atoms with Crippen molar-refractivity contribution in [3.8, 4) is 5.75 Å². The Labute approximate surface area is 173 Å². The molecular formula is C21H21ClN2O5. The number of anilines is 2. The van der Waals surface area contributed by atoms with Crippen molar-refractivity contribution < 1.29 is 23.9 Å². The van der Waals surface area contributed by atoms with E-state index in [0.29, 0.717) is 22.1 Å². The molecule has 0 bridgehead atoms. The normalized spacial score (nSPS) is 16.3. The molecule has 29 heavy (non-hydrogen) atoms. The molecule has 0 saturated carbocycles. The van der Waals surface area contributed by atoms with Crippen molar-refractivity contribution in [2.45, 2.75) is 33.0 Å². The fraction of sp³-hybridized carbons (Fsp3) is 0.286. The van der Waals surface area contributed by atoms with Crippen LogP contribution in [-0.4, -0.2) is 36.5 Å². The number of halogens is 1. The van der Waals surface area contributed by atoms with E-state index in [1.165, 1.54) is 18.7 Å². The van der Waals surface area contributed by atoms with E-state index in [-0.39, 0.29) is 12.5 Å². The van der Waals surface area contributed by atoms with Gasteiger partial charge in [0.2, 0.25) is 12.0 Å². The van der Waals surface area contributed by atoms with Crippen molar-refractivity contribution in [1.82, 2.24) is 0 Å². The minimum absolute atomic E-state index is 0.00687. The number of hydrogen-bond donors (Lipinski definition) is 1. The lowest BCUT2D eigenvalue weighted by molar-refractivity contribution is -0.160. The van der Waals surface area contributed by atoms with Crippen LogP contribution in [0.4, 0.5) is 11.4 Å². The minimum atomic E-state index is -1.06. The lowest BCUT2D eigenvalue weighted by Gasteiger charge is -2.33. The maximum atomic E-state index is 12.6. The first-order valence-electron chi connectivity index (χ1n) is 9.07. The van der Waals surface area contributed by atoms with E-state index >= 15 is 0 Å². The highest BCUT2D eigenvalue weighted by atomic mass is 35.5. The number of aryl methyl sites for hydroxylation is 1. The van der Waals surface area contributed by atoms with Crippen LogP contribution < -0.4 is 15.0 Å². The molecule has 3 rings (SSSR count). The second kappa shape index (κ2) is 8.53. The predicted molar refractivity (Wildman–Crippen MR) is 109 cm³/mol. The second-order valence-corrected chi connectivity index (χ2v) is 7.17. The summed E-state index contributed by atoms with van der Waals surface area (Å²) < 4.78 is 11.0. The Morgan fingerprint density at radius 1 is 1.24 bits per heavy atom. The number of nitrogens with one attached hydrogen (secondary N) is 1. The summed E-state index contributed by atoms with van der Waals surface area (Å²) in [6, 6.07) is 12.0. The fourth-order valence-corrected chi connectivity index (χ4v) is 3.09. The summed E-state index contributed by atoms with van der Waals surface area (Å²) in [5.74, 6) is -1.04. The van der Waals surface area contributed by atoms with Gasteiger partial charge in [-0.3, -0.25) is 9.59 Å². The monoisotopic (exact) mass is 416 g/mol. The SMILES string of the molecule is CC(=O)N1C[C@H](C(=O)O[C@H](C)C(=O)Nc2cc(Cl)ccc2C)Oc2ccccc21. The van der Waals surface area contributed by atoms with Crippen molar-refractivity contribution in [3.05, 3.63) is 53.1 Å². The smallest absolute Gasteiger partial charge is 0.350 e. The van der Waals surface area contributed by atoms with E-state index in [1.807, 2.05) is 6.92 Å². The van der Waals surface area contributed by atoms with Crippen LogP contribution >= 0.6 is 11.6 Å². The van der Waals surface area contributed by atoms with Crippen LogP contribution in [0.5, 0.6) is 5.75 Å². The molecule has 2 aromatic rings. The zero-order chi connectivity index (χ0) is 21.1. The van der Waals surface area contributed by atoms with Gasteiger partial charge in [-0.2, -0.15) is 0 Å². The first kappa shape index (κ1) is 20.7. The van der Waals surface area contributed by atoms with Crippen LogP contribution in [0, 0.1) is 6.92 Å². The van der Waals surface area contributed by atoms with Gasteiger partial charge in [0.25, 0.3) is 5.91 Å². The molecule has 0 saturated heterocycles. The maximum absolute atomic E-state index is 12.6. The summed E-state index contributed by atoms with van der Waals surface area (Å²) in [4.78, 5) is 38.4. The average Bonchev–Trinajstić information content (AvgIpc) is 2.69. The highest BCUT2D eigenvalue weighted by molar-refractivity contribution is 6.31. The molecule has 0 unspecified atom stereocenters. The van der Waals surface area contributed by atoms with Gasteiger partial charge >= 0.3 is 5.97 Å². The molecule has 0 aromatic heterocycles. The van der Waals surface area contributed by atoms with Crippen LogP contribution in [0.2, 0.25) is 5.02 Å². The van der Waals surface area contributed by atoms with Crippen molar-refractivity contribution in [1.29, 1.82) is 0 Å². The molecular weight excluding hydrogens is 396 g/mol. The summed E-state index contributed by atoms with van der Waals surface area (Å²) >= 11 is 5.96. The number of hydrogen-bond acceptors (Lipinski definition) is 5. The number of rotatable bonds is 4. The quantitative estimate of drug-likeness (QED) is 0.773. The molecule has 1 heterocycles. The molecule has 8 heteroatoms. The number of carbonyl (C=O) groups excluding carboxylic acids is 3. The van der Waals surface area contributed by atoms with Gasteiger partial charge in [-0.15, -0.1) is 0 Å². The van der Waals surface area contributed by atoms with Gasteiger partial charge in [-0.05, 0) is 43.7 Å². The molecule has 0 radical (unpaired) electrons. The van der Waals surface area contributed by atoms with Crippen molar-refractivity contribution in [2.24, 2.45) is 0 Å². The molecule has 152 valence electrons. The number of para-hydroxylation sites is 2. The van der Waals surface area contributed by atoms with Crippen LogP contribution in [0.25, 0.3) is 0 Å². The maximum Gasteiger partial charge on any atom is 0.350 e. The van der Waals surface area contributed by atoms with Gasteiger partial charge in [0, 0.05) is 17.6 Å². The van der Waals surface area contributed by atoms with E-state index in [4.69, 9.17) is 21.1 Å². The molecule has 7 nitrogen and oxygen atoms in total. The fourth-order valence-electron chi connectivity index (χ4n) is 2.92. The minimum Gasteiger partial charge on any atom is -0.475 e. The molecule has 0 spiro atoms. The van der Waals surface area contributed by atoms with Gasteiger partial charge in [0.05, 0.1) is 12.2 Å². The van der Waals surface area contributed by atoms with E-state index in [0.717, 1.165) is 5.56 Å². The largest absolute Gasteiger partial charge is 0.475 e. The number of benzene rings is 2. The Morgan fingerprint density at radius 2 is 1.97 bits per heavy atom. The third-order valence-electron chi connectivity index (χ3n) is 4.54. The Bertz CT molecular complexity index is 962. The summed E-state index contributed by atoms with van der Waals surface area (Å²) in [5, 5.41) is 3.18. The Kier molecular flexibility index (Phi) is 6.08. The zero-order valence-electron chi connectivity index (χ0n) is 16.3. The highest BCUT2D eigenvalue weighted by Gasteiger charge is 2.35. The van der Waals surface area contributed by atoms with Gasteiger partial charge in [-0.25, -0.2) is 4.79 Å². The summed E-state index contributed by atoms with van der Waals surface area (Å²) in [5.41, 5.74) is 1.95. The molecule has 0 aliphatic carbocycles. The van der Waals surface area contributed by atoms with E-state index in [9.17, 15) is 14.4 Å². The van der Waals surface area contributed by atoms with E-state index in [2.05, 4.69) is 5.32 Å². The second-order valence-electron chi connectivity index (χ2n) is 6.73. The van der Waals surface area contributed by atoms with Gasteiger partial charge in [0.1, 0.15) is 5.75 Å².